The molecule has 0 aliphatic rings. The number of nitrogens with zero attached hydrogens (tertiary/aromatic N) is 6. The van der Waals surface area contributed by atoms with Gasteiger partial charge in [-0.15, -0.1) is 0 Å². The highest BCUT2D eigenvalue weighted by atomic mass is 16.1. The Labute approximate surface area is 108 Å². The first-order chi connectivity index (χ1) is 9.02. The van der Waals surface area contributed by atoms with Gasteiger partial charge in [-0.2, -0.15) is 4.98 Å². The summed E-state index contributed by atoms with van der Waals surface area (Å²) in [7, 11) is 5.14. The first kappa shape index (κ1) is 12.8. The van der Waals surface area contributed by atoms with E-state index in [0.29, 0.717) is 6.29 Å². The third-order valence-electron chi connectivity index (χ3n) is 2.31. The van der Waals surface area contributed by atoms with Gasteiger partial charge in [-0.05, 0) is 0 Å². The molecule has 0 unspecified atom stereocenters. The minimum absolute atomic E-state index is 0.0518. The summed E-state index contributed by atoms with van der Waals surface area (Å²) >= 11 is 0. The van der Waals surface area contributed by atoms with E-state index in [9.17, 15) is 9.59 Å². The Bertz CT molecular complexity index is 719. The van der Waals surface area contributed by atoms with Crippen molar-refractivity contribution in [3.8, 4) is 0 Å². The zero-order valence-electron chi connectivity index (χ0n) is 10.7. The van der Waals surface area contributed by atoms with E-state index in [1.54, 1.807) is 19.0 Å². The molecule has 8 nitrogen and oxygen atoms in total. The molecule has 19 heavy (non-hydrogen) atoms. The summed E-state index contributed by atoms with van der Waals surface area (Å²) in [5.41, 5.74) is -0.0847. The Balaban J connectivity index is 2.68. The SMILES string of the molecule is CN(C)C=Nc1nc2ncc(C=O)nc2c(=O)n1C. The summed E-state index contributed by atoms with van der Waals surface area (Å²) in [5, 5.41) is 0. The van der Waals surface area contributed by atoms with Crippen LogP contribution in [-0.2, 0) is 7.05 Å². The number of carbonyl (C=O) groups is 1. The lowest BCUT2D eigenvalue weighted by molar-refractivity contribution is 0.111. The van der Waals surface area contributed by atoms with E-state index in [0.717, 1.165) is 0 Å². The molecule has 0 aliphatic carbocycles. The molecule has 0 bridgehead atoms. The van der Waals surface area contributed by atoms with Gasteiger partial charge in [0.1, 0.15) is 5.69 Å². The molecule has 0 saturated heterocycles. The predicted octanol–water partition coefficient (Wildman–Crippen LogP) is -0.243. The molecule has 98 valence electrons. The van der Waals surface area contributed by atoms with Crippen LogP contribution in [-0.4, -0.2) is 51.1 Å². The van der Waals surface area contributed by atoms with Gasteiger partial charge in [0.05, 0.1) is 12.5 Å². The lowest BCUT2D eigenvalue weighted by atomic mass is 10.4. The second-order valence-electron chi connectivity index (χ2n) is 4.07. The van der Waals surface area contributed by atoms with Crippen LogP contribution in [0.1, 0.15) is 10.5 Å². The van der Waals surface area contributed by atoms with Crippen molar-refractivity contribution < 1.29 is 4.79 Å². The zero-order chi connectivity index (χ0) is 14.0. The number of hydrogen-bond acceptors (Lipinski definition) is 6. The average Bonchev–Trinajstić information content (AvgIpc) is 2.40. The van der Waals surface area contributed by atoms with E-state index < -0.39 is 5.56 Å². The van der Waals surface area contributed by atoms with Crippen LogP contribution in [0.15, 0.2) is 16.0 Å². The highest BCUT2D eigenvalue weighted by Crippen LogP contribution is 2.08. The maximum absolute atomic E-state index is 12.1. The normalized spacial score (nSPS) is 11.1. The molecular formula is C11H12N6O2. The molecule has 0 saturated carbocycles. The van der Waals surface area contributed by atoms with Crippen LogP contribution in [0.2, 0.25) is 0 Å². The maximum atomic E-state index is 12.1. The summed E-state index contributed by atoms with van der Waals surface area (Å²) in [6.07, 6.45) is 3.33. The molecule has 0 radical (unpaired) electrons. The van der Waals surface area contributed by atoms with Gasteiger partial charge >= 0.3 is 0 Å². The quantitative estimate of drug-likeness (QED) is 0.429. The molecule has 0 aromatic carbocycles. The van der Waals surface area contributed by atoms with Crippen molar-refractivity contribution in [2.45, 2.75) is 0 Å². The second kappa shape index (κ2) is 4.92. The van der Waals surface area contributed by atoms with Gasteiger partial charge in [-0.3, -0.25) is 14.2 Å². The summed E-state index contributed by atoms with van der Waals surface area (Å²) in [4.78, 5) is 40.5. The highest BCUT2D eigenvalue weighted by molar-refractivity contribution is 5.77. The van der Waals surface area contributed by atoms with Gasteiger partial charge in [0.25, 0.3) is 5.56 Å². The minimum Gasteiger partial charge on any atom is -0.369 e. The van der Waals surface area contributed by atoms with E-state index in [-0.39, 0.29) is 22.8 Å². The topological polar surface area (TPSA) is 93.3 Å². The molecule has 0 aliphatic heterocycles. The van der Waals surface area contributed by atoms with Gasteiger partial charge in [0.2, 0.25) is 5.95 Å². The fraction of sp³-hybridized carbons (Fsp3) is 0.273. The smallest absolute Gasteiger partial charge is 0.282 e. The van der Waals surface area contributed by atoms with Crippen molar-refractivity contribution in [3.05, 3.63) is 22.2 Å². The summed E-state index contributed by atoms with van der Waals surface area (Å²) in [5.74, 6) is 0.222. The molecule has 8 heteroatoms. The Morgan fingerprint density at radius 2 is 2.11 bits per heavy atom. The van der Waals surface area contributed by atoms with Crippen molar-refractivity contribution in [1.82, 2.24) is 24.4 Å². The highest BCUT2D eigenvalue weighted by Gasteiger charge is 2.10. The number of aldehydes is 1. The number of carbonyl (C=O) groups excluding carboxylic acids is 1. The molecule has 0 N–H and O–H groups in total. The largest absolute Gasteiger partial charge is 0.369 e. The minimum atomic E-state index is -0.396. The maximum Gasteiger partial charge on any atom is 0.282 e. The first-order valence-corrected chi connectivity index (χ1v) is 5.42. The standard InChI is InChI=1S/C11H12N6O2/c1-16(2)6-13-11-15-9-8(10(19)17(11)3)14-7(5-18)4-12-9/h4-6H,1-3H3. The van der Waals surface area contributed by atoms with Crippen LogP contribution in [0.5, 0.6) is 0 Å². The van der Waals surface area contributed by atoms with E-state index in [4.69, 9.17) is 0 Å². The Kier molecular flexibility index (Phi) is 3.32. The summed E-state index contributed by atoms with van der Waals surface area (Å²) in [6, 6.07) is 0. The third kappa shape index (κ3) is 2.46. The van der Waals surface area contributed by atoms with E-state index in [2.05, 4.69) is 19.9 Å². The van der Waals surface area contributed by atoms with Crippen molar-refractivity contribution >= 4 is 29.7 Å². The zero-order valence-corrected chi connectivity index (χ0v) is 10.7. The molecule has 2 aromatic rings. The molecular weight excluding hydrogens is 248 g/mol. The lowest BCUT2D eigenvalue weighted by Gasteiger charge is -2.06. The Morgan fingerprint density at radius 3 is 2.74 bits per heavy atom. The Hall–Kier alpha value is -2.64. The predicted molar refractivity (Wildman–Crippen MR) is 69.8 cm³/mol. The summed E-state index contributed by atoms with van der Waals surface area (Å²) in [6.45, 7) is 0. The van der Waals surface area contributed by atoms with Gasteiger partial charge < -0.3 is 4.90 Å². The van der Waals surface area contributed by atoms with E-state index in [1.165, 1.54) is 24.2 Å². The third-order valence-corrected chi connectivity index (χ3v) is 2.31. The molecule has 0 fully saturated rings. The second-order valence-corrected chi connectivity index (χ2v) is 4.07. The molecule has 2 aromatic heterocycles. The van der Waals surface area contributed by atoms with Crippen molar-refractivity contribution in [2.75, 3.05) is 14.1 Å². The molecule has 2 rings (SSSR count). The van der Waals surface area contributed by atoms with Gasteiger partial charge in [0.15, 0.2) is 17.5 Å². The average molecular weight is 260 g/mol. The lowest BCUT2D eigenvalue weighted by Crippen LogP contribution is -2.20. The molecule has 0 atom stereocenters. The van der Waals surface area contributed by atoms with Crippen molar-refractivity contribution in [2.24, 2.45) is 12.0 Å². The number of fused-ring (bicyclic) bond motifs is 1. The van der Waals surface area contributed by atoms with Crippen LogP contribution >= 0.6 is 0 Å². The molecule has 2 heterocycles. The van der Waals surface area contributed by atoms with Gasteiger partial charge in [0, 0.05) is 21.1 Å². The van der Waals surface area contributed by atoms with Crippen LogP contribution < -0.4 is 5.56 Å². The number of rotatable bonds is 3. The van der Waals surface area contributed by atoms with Crippen LogP contribution in [0.25, 0.3) is 11.2 Å². The van der Waals surface area contributed by atoms with Gasteiger partial charge in [-0.1, -0.05) is 0 Å². The molecule has 0 spiro atoms. The van der Waals surface area contributed by atoms with Crippen LogP contribution in [0.3, 0.4) is 0 Å². The number of hydrogen-bond donors (Lipinski definition) is 0. The van der Waals surface area contributed by atoms with Crippen LogP contribution in [0.4, 0.5) is 5.95 Å². The fourth-order valence-electron chi connectivity index (χ4n) is 1.38. The molecule has 0 amide bonds. The first-order valence-electron chi connectivity index (χ1n) is 5.42. The monoisotopic (exact) mass is 260 g/mol. The van der Waals surface area contributed by atoms with E-state index >= 15 is 0 Å². The number of aromatic nitrogens is 4. The number of aliphatic imine (C=N–C) groups is 1. The fourth-order valence-corrected chi connectivity index (χ4v) is 1.38. The van der Waals surface area contributed by atoms with Crippen molar-refractivity contribution in [1.29, 1.82) is 0 Å². The van der Waals surface area contributed by atoms with Crippen molar-refractivity contribution in [3.63, 3.8) is 0 Å². The summed E-state index contributed by atoms with van der Waals surface area (Å²) < 4.78 is 1.26. The van der Waals surface area contributed by atoms with Gasteiger partial charge in [-0.25, -0.2) is 15.0 Å². The Morgan fingerprint density at radius 1 is 1.37 bits per heavy atom. The van der Waals surface area contributed by atoms with Crippen LogP contribution in [0, 0.1) is 0 Å². The van der Waals surface area contributed by atoms with E-state index in [1.807, 2.05) is 0 Å².